The van der Waals surface area contributed by atoms with Crippen LogP contribution in [0.3, 0.4) is 0 Å². The Balaban J connectivity index is 1.64. The lowest BCUT2D eigenvalue weighted by molar-refractivity contribution is 0.112. The van der Waals surface area contributed by atoms with Crippen LogP contribution in [0.25, 0.3) is 39.3 Å². The van der Waals surface area contributed by atoms with Crippen LogP contribution in [-0.4, -0.2) is 35.6 Å². The molecule has 0 aliphatic heterocycles. The first-order chi connectivity index (χ1) is 15.2. The van der Waals surface area contributed by atoms with Crippen molar-refractivity contribution in [2.24, 2.45) is 0 Å². The minimum Gasteiger partial charge on any atom is -0.383 e. The number of hydrogen-bond donors (Lipinski definition) is 1. The highest BCUT2D eigenvalue weighted by Gasteiger charge is 2.19. The van der Waals surface area contributed by atoms with E-state index in [0.717, 1.165) is 27.9 Å². The van der Waals surface area contributed by atoms with E-state index in [1.165, 1.54) is 4.52 Å². The van der Waals surface area contributed by atoms with Gasteiger partial charge in [0.05, 0.1) is 29.3 Å². The summed E-state index contributed by atoms with van der Waals surface area (Å²) in [6, 6.07) is 13.9. The molecule has 0 aliphatic carbocycles. The maximum Gasteiger partial charge on any atom is 0.165 e. The summed E-state index contributed by atoms with van der Waals surface area (Å²) in [4.78, 5) is 21.1. The van der Waals surface area contributed by atoms with Crippen LogP contribution in [0, 0.1) is 0 Å². The molecule has 0 bridgehead atoms. The van der Waals surface area contributed by atoms with Crippen molar-refractivity contribution in [2.75, 3.05) is 5.73 Å². The molecule has 0 atom stereocenters. The summed E-state index contributed by atoms with van der Waals surface area (Å²) < 4.78 is 3.26. The van der Waals surface area contributed by atoms with Crippen LogP contribution in [0.2, 0.25) is 0 Å². The molecule has 0 amide bonds. The highest BCUT2D eigenvalue weighted by molar-refractivity contribution is 5.93. The second kappa shape index (κ2) is 7.49. The highest BCUT2D eigenvalue weighted by atomic mass is 16.1. The zero-order valence-corrected chi connectivity index (χ0v) is 16.8. The highest BCUT2D eigenvalue weighted by Crippen LogP contribution is 2.31. The van der Waals surface area contributed by atoms with Gasteiger partial charge in [0, 0.05) is 41.2 Å². The molecule has 4 heterocycles. The van der Waals surface area contributed by atoms with Crippen molar-refractivity contribution >= 4 is 17.8 Å². The van der Waals surface area contributed by atoms with E-state index in [4.69, 9.17) is 10.7 Å². The summed E-state index contributed by atoms with van der Waals surface area (Å²) in [5, 5.41) is 8.65. The Labute approximate surface area is 178 Å². The van der Waals surface area contributed by atoms with Gasteiger partial charge in [-0.2, -0.15) is 14.7 Å². The van der Waals surface area contributed by atoms with Crippen molar-refractivity contribution in [3.8, 4) is 33.6 Å². The number of aldehydes is 1. The Bertz CT molecular complexity index is 1390. The molecule has 4 aromatic heterocycles. The quantitative estimate of drug-likeness (QED) is 0.444. The van der Waals surface area contributed by atoms with Crippen LogP contribution >= 0.6 is 0 Å². The van der Waals surface area contributed by atoms with E-state index < -0.39 is 0 Å². The van der Waals surface area contributed by atoms with Gasteiger partial charge >= 0.3 is 0 Å². The second-order valence-electron chi connectivity index (χ2n) is 7.05. The Morgan fingerprint density at radius 3 is 2.48 bits per heavy atom. The fourth-order valence-corrected chi connectivity index (χ4v) is 3.56. The van der Waals surface area contributed by atoms with Gasteiger partial charge in [0.2, 0.25) is 0 Å². The number of pyridine rings is 1. The van der Waals surface area contributed by atoms with Crippen LogP contribution in [0.5, 0.6) is 0 Å². The standard InChI is InChI=1S/C23H19N7O/c1-2-29-13-17(11-26-29)21-19(14-31)22(24)30-23(28-21)18(12-27-30)16-8-9-20(25-10-16)15-6-4-3-5-7-15/h3-14H,2,24H2,1H3. The summed E-state index contributed by atoms with van der Waals surface area (Å²) in [7, 11) is 0. The molecule has 0 fully saturated rings. The smallest absolute Gasteiger partial charge is 0.165 e. The van der Waals surface area contributed by atoms with Crippen LogP contribution in [-0.2, 0) is 6.54 Å². The summed E-state index contributed by atoms with van der Waals surface area (Å²) in [5.41, 5.74) is 11.9. The van der Waals surface area contributed by atoms with Gasteiger partial charge in [0.1, 0.15) is 5.82 Å². The molecule has 8 nitrogen and oxygen atoms in total. The minimum atomic E-state index is 0.236. The fraction of sp³-hybridized carbons (Fsp3) is 0.0870. The molecule has 0 spiro atoms. The number of aryl methyl sites for hydroxylation is 1. The molecule has 2 N–H and O–H groups in total. The number of aromatic nitrogens is 6. The van der Waals surface area contributed by atoms with E-state index in [-0.39, 0.29) is 11.4 Å². The Hall–Kier alpha value is -4.33. The molecule has 1 aromatic carbocycles. The lowest BCUT2D eigenvalue weighted by Crippen LogP contribution is -2.07. The van der Waals surface area contributed by atoms with Crippen molar-refractivity contribution in [3.05, 3.63) is 72.8 Å². The topological polar surface area (TPSA) is 104 Å². The van der Waals surface area contributed by atoms with Gasteiger partial charge in [-0.1, -0.05) is 36.4 Å². The third-order valence-corrected chi connectivity index (χ3v) is 5.21. The number of carbonyl (C=O) groups is 1. The molecule has 8 heteroatoms. The van der Waals surface area contributed by atoms with Crippen molar-refractivity contribution in [1.29, 1.82) is 0 Å². The van der Waals surface area contributed by atoms with Gasteiger partial charge in [-0.3, -0.25) is 14.5 Å². The Morgan fingerprint density at radius 1 is 0.968 bits per heavy atom. The zero-order chi connectivity index (χ0) is 21.4. The molecule has 0 radical (unpaired) electrons. The van der Waals surface area contributed by atoms with E-state index in [9.17, 15) is 4.79 Å². The molecule has 0 unspecified atom stereocenters. The third kappa shape index (κ3) is 3.14. The molecule has 0 saturated heterocycles. The molecule has 0 aliphatic rings. The second-order valence-corrected chi connectivity index (χ2v) is 7.05. The lowest BCUT2D eigenvalue weighted by Gasteiger charge is -2.08. The number of anilines is 1. The van der Waals surface area contributed by atoms with Crippen molar-refractivity contribution in [1.82, 2.24) is 29.4 Å². The van der Waals surface area contributed by atoms with Gasteiger partial charge in [0.15, 0.2) is 11.9 Å². The normalized spacial score (nSPS) is 11.1. The van der Waals surface area contributed by atoms with Gasteiger partial charge in [-0.25, -0.2) is 4.98 Å². The molecule has 5 rings (SSSR count). The molecule has 31 heavy (non-hydrogen) atoms. The number of nitrogens with two attached hydrogens (primary N) is 1. The number of benzene rings is 1. The first-order valence-electron chi connectivity index (χ1n) is 9.86. The number of hydrogen-bond acceptors (Lipinski definition) is 6. The fourth-order valence-electron chi connectivity index (χ4n) is 3.56. The van der Waals surface area contributed by atoms with Crippen molar-refractivity contribution in [3.63, 3.8) is 0 Å². The van der Waals surface area contributed by atoms with E-state index in [1.54, 1.807) is 23.3 Å². The van der Waals surface area contributed by atoms with Crippen LogP contribution in [0.4, 0.5) is 5.82 Å². The summed E-state index contributed by atoms with van der Waals surface area (Å²) in [6.07, 6.45) is 7.71. The Morgan fingerprint density at radius 2 is 1.81 bits per heavy atom. The number of carbonyl (C=O) groups excluding carboxylic acids is 1. The maximum absolute atomic E-state index is 11.8. The van der Waals surface area contributed by atoms with E-state index in [2.05, 4.69) is 15.2 Å². The predicted octanol–water partition coefficient (Wildman–Crippen LogP) is 3.74. The zero-order valence-electron chi connectivity index (χ0n) is 16.8. The summed E-state index contributed by atoms with van der Waals surface area (Å²) in [5.74, 6) is 0.236. The van der Waals surface area contributed by atoms with Gasteiger partial charge in [-0.05, 0) is 13.0 Å². The first-order valence-corrected chi connectivity index (χ1v) is 9.86. The molecular formula is C23H19N7O. The minimum absolute atomic E-state index is 0.236. The van der Waals surface area contributed by atoms with Crippen LogP contribution in [0.15, 0.2) is 67.3 Å². The molecule has 0 saturated carbocycles. The van der Waals surface area contributed by atoms with Gasteiger partial charge < -0.3 is 5.73 Å². The maximum atomic E-state index is 11.8. The summed E-state index contributed by atoms with van der Waals surface area (Å²) in [6.45, 7) is 2.70. The molecule has 5 aromatic rings. The SMILES string of the molecule is CCn1cc(-c2nc3c(-c4ccc(-c5ccccc5)nc4)cnn3c(N)c2C=O)cn1. The van der Waals surface area contributed by atoms with E-state index in [1.807, 2.05) is 55.6 Å². The number of fused-ring (bicyclic) bond motifs is 1. The average Bonchev–Trinajstić information content (AvgIpc) is 3.47. The van der Waals surface area contributed by atoms with Crippen molar-refractivity contribution in [2.45, 2.75) is 13.5 Å². The first kappa shape index (κ1) is 18.7. The predicted molar refractivity (Wildman–Crippen MR) is 118 cm³/mol. The van der Waals surface area contributed by atoms with Crippen LogP contribution < -0.4 is 5.73 Å². The molecular weight excluding hydrogens is 390 g/mol. The van der Waals surface area contributed by atoms with Gasteiger partial charge in [-0.15, -0.1) is 0 Å². The number of nitrogen functional groups attached to an aromatic ring is 1. The Kier molecular flexibility index (Phi) is 4.51. The van der Waals surface area contributed by atoms with Gasteiger partial charge in [0.25, 0.3) is 0 Å². The number of rotatable bonds is 5. The lowest BCUT2D eigenvalue weighted by atomic mass is 10.1. The monoisotopic (exact) mass is 409 g/mol. The van der Waals surface area contributed by atoms with Crippen molar-refractivity contribution < 1.29 is 4.79 Å². The molecule has 152 valence electrons. The average molecular weight is 409 g/mol. The third-order valence-electron chi connectivity index (χ3n) is 5.21. The van der Waals surface area contributed by atoms with E-state index in [0.29, 0.717) is 24.2 Å². The summed E-state index contributed by atoms with van der Waals surface area (Å²) >= 11 is 0. The number of nitrogens with zero attached hydrogens (tertiary/aromatic N) is 6. The van der Waals surface area contributed by atoms with Crippen LogP contribution in [0.1, 0.15) is 17.3 Å². The van der Waals surface area contributed by atoms with E-state index >= 15 is 0 Å². The largest absolute Gasteiger partial charge is 0.383 e.